The maximum atomic E-state index is 12.4. The number of hydrogen-bond acceptors (Lipinski definition) is 4. The molecule has 1 aromatic heterocycles. The van der Waals surface area contributed by atoms with E-state index in [1.807, 2.05) is 11.6 Å². The fourth-order valence-corrected chi connectivity index (χ4v) is 3.60. The van der Waals surface area contributed by atoms with Gasteiger partial charge in [-0.15, -0.1) is 0 Å². The summed E-state index contributed by atoms with van der Waals surface area (Å²) < 4.78 is 7.44. The van der Waals surface area contributed by atoms with Gasteiger partial charge in [-0.3, -0.25) is 0 Å². The van der Waals surface area contributed by atoms with E-state index in [1.54, 1.807) is 7.11 Å². The molecule has 1 aromatic rings. The van der Waals surface area contributed by atoms with E-state index < -0.39 is 0 Å². The van der Waals surface area contributed by atoms with Crippen molar-refractivity contribution in [1.29, 1.82) is 0 Å². The van der Waals surface area contributed by atoms with Crippen LogP contribution < -0.4 is 10.6 Å². The molecule has 2 aliphatic rings. The predicted octanol–water partition coefficient (Wildman–Crippen LogP) is 1.93. The molecule has 1 aliphatic carbocycles. The maximum Gasteiger partial charge on any atom is 0.315 e. The SMILES string of the molecule is CCc1nc2n(n1)CCC[C@@H]2NC(=O)N[C@H]1CCCC[C@@H]1OC. The van der Waals surface area contributed by atoms with Gasteiger partial charge in [-0.1, -0.05) is 19.8 Å². The van der Waals surface area contributed by atoms with Crippen LogP contribution in [0, 0.1) is 0 Å². The number of carbonyl (C=O) groups is 1. The molecule has 0 spiro atoms. The van der Waals surface area contributed by atoms with Crippen molar-refractivity contribution in [2.24, 2.45) is 0 Å². The normalized spacial score (nSPS) is 27.3. The fraction of sp³-hybridized carbons (Fsp3) is 0.812. The summed E-state index contributed by atoms with van der Waals surface area (Å²) in [5.41, 5.74) is 0. The topological polar surface area (TPSA) is 81.1 Å². The zero-order valence-electron chi connectivity index (χ0n) is 14.0. The zero-order valence-corrected chi connectivity index (χ0v) is 14.0. The number of methoxy groups -OCH3 is 1. The molecule has 1 aliphatic heterocycles. The smallest absolute Gasteiger partial charge is 0.315 e. The Balaban J connectivity index is 1.61. The van der Waals surface area contributed by atoms with Crippen LogP contribution in [0.4, 0.5) is 4.79 Å². The van der Waals surface area contributed by atoms with Gasteiger partial charge in [0.25, 0.3) is 0 Å². The quantitative estimate of drug-likeness (QED) is 0.888. The molecule has 7 nitrogen and oxygen atoms in total. The predicted molar refractivity (Wildman–Crippen MR) is 86.1 cm³/mol. The number of urea groups is 1. The number of hydrogen-bond donors (Lipinski definition) is 2. The van der Waals surface area contributed by atoms with Crippen molar-refractivity contribution in [1.82, 2.24) is 25.4 Å². The van der Waals surface area contributed by atoms with Crippen molar-refractivity contribution < 1.29 is 9.53 Å². The molecule has 0 aromatic carbocycles. The van der Waals surface area contributed by atoms with Gasteiger partial charge in [-0.2, -0.15) is 5.10 Å². The second-order valence-corrected chi connectivity index (χ2v) is 6.44. The highest BCUT2D eigenvalue weighted by Crippen LogP contribution is 2.24. The average molecular weight is 321 g/mol. The number of fused-ring (bicyclic) bond motifs is 1. The minimum atomic E-state index is -0.126. The van der Waals surface area contributed by atoms with E-state index >= 15 is 0 Å². The van der Waals surface area contributed by atoms with Gasteiger partial charge in [-0.05, 0) is 25.7 Å². The Hall–Kier alpha value is -1.63. The lowest BCUT2D eigenvalue weighted by atomic mass is 9.92. The minimum absolute atomic E-state index is 0.0545. The van der Waals surface area contributed by atoms with E-state index in [-0.39, 0.29) is 24.2 Å². The van der Waals surface area contributed by atoms with Gasteiger partial charge in [0.1, 0.15) is 5.82 Å². The van der Waals surface area contributed by atoms with Gasteiger partial charge in [0.2, 0.25) is 0 Å². The van der Waals surface area contributed by atoms with Gasteiger partial charge in [0.05, 0.1) is 18.2 Å². The van der Waals surface area contributed by atoms with Gasteiger partial charge in [0, 0.05) is 20.1 Å². The molecule has 1 saturated carbocycles. The first-order valence-electron chi connectivity index (χ1n) is 8.74. The summed E-state index contributed by atoms with van der Waals surface area (Å²) in [4.78, 5) is 17.0. The van der Waals surface area contributed by atoms with E-state index in [9.17, 15) is 4.79 Å². The standard InChI is InChI=1S/C16H27N5O2/c1-3-14-19-15-12(8-6-10-21(15)20-14)18-16(22)17-11-7-4-5-9-13(11)23-2/h11-13H,3-10H2,1-2H3,(H2,17,18,22)/t11-,12-,13-/m0/s1. The lowest BCUT2D eigenvalue weighted by molar-refractivity contribution is 0.0450. The number of rotatable bonds is 4. The highest BCUT2D eigenvalue weighted by molar-refractivity contribution is 5.74. The molecule has 7 heteroatoms. The van der Waals surface area contributed by atoms with Crippen LogP contribution in [0.15, 0.2) is 0 Å². The number of nitrogens with one attached hydrogen (secondary N) is 2. The third-order valence-corrected chi connectivity index (χ3v) is 4.86. The molecule has 0 saturated heterocycles. The first-order valence-corrected chi connectivity index (χ1v) is 8.74. The van der Waals surface area contributed by atoms with E-state index in [1.165, 1.54) is 6.42 Å². The van der Waals surface area contributed by atoms with Crippen molar-refractivity contribution >= 4 is 6.03 Å². The molecule has 0 bridgehead atoms. The van der Waals surface area contributed by atoms with Gasteiger partial charge < -0.3 is 15.4 Å². The highest BCUT2D eigenvalue weighted by Gasteiger charge is 2.29. The molecule has 2 amide bonds. The fourth-order valence-electron chi connectivity index (χ4n) is 3.60. The Morgan fingerprint density at radius 2 is 2.09 bits per heavy atom. The van der Waals surface area contributed by atoms with Crippen LogP contribution in [0.5, 0.6) is 0 Å². The van der Waals surface area contributed by atoms with Crippen molar-refractivity contribution in [3.8, 4) is 0 Å². The zero-order chi connectivity index (χ0) is 16.2. The van der Waals surface area contributed by atoms with Crippen LogP contribution in [-0.2, 0) is 17.7 Å². The molecule has 128 valence electrons. The van der Waals surface area contributed by atoms with Gasteiger partial charge in [-0.25, -0.2) is 14.5 Å². The lowest BCUT2D eigenvalue weighted by Crippen LogP contribution is -2.50. The second-order valence-electron chi connectivity index (χ2n) is 6.44. The number of amides is 2. The molecule has 23 heavy (non-hydrogen) atoms. The summed E-state index contributed by atoms with van der Waals surface area (Å²) in [6.07, 6.45) is 7.16. The minimum Gasteiger partial charge on any atom is -0.379 e. The summed E-state index contributed by atoms with van der Waals surface area (Å²) in [5.74, 6) is 1.73. The largest absolute Gasteiger partial charge is 0.379 e. The number of carbonyl (C=O) groups excluding carboxylic acids is 1. The second kappa shape index (κ2) is 7.29. The van der Waals surface area contributed by atoms with Crippen LogP contribution in [0.3, 0.4) is 0 Å². The molecule has 3 rings (SSSR count). The molecule has 3 atom stereocenters. The summed E-state index contributed by atoms with van der Waals surface area (Å²) in [6.45, 7) is 2.93. The van der Waals surface area contributed by atoms with Gasteiger partial charge in [0.15, 0.2) is 5.82 Å². The Bertz CT molecular complexity index is 545. The average Bonchev–Trinajstić information content (AvgIpc) is 2.99. The van der Waals surface area contributed by atoms with Crippen molar-refractivity contribution in [2.75, 3.05) is 7.11 Å². The van der Waals surface area contributed by atoms with Crippen molar-refractivity contribution in [3.63, 3.8) is 0 Å². The molecule has 1 fully saturated rings. The molecule has 0 unspecified atom stereocenters. The number of aryl methyl sites for hydroxylation is 2. The third-order valence-electron chi connectivity index (χ3n) is 4.86. The van der Waals surface area contributed by atoms with Crippen LogP contribution in [0.1, 0.15) is 63.1 Å². The number of aromatic nitrogens is 3. The Morgan fingerprint density at radius 3 is 2.87 bits per heavy atom. The summed E-state index contributed by atoms with van der Waals surface area (Å²) >= 11 is 0. The maximum absolute atomic E-state index is 12.4. The summed E-state index contributed by atoms with van der Waals surface area (Å²) in [7, 11) is 1.72. The van der Waals surface area contributed by atoms with E-state index in [0.717, 1.165) is 56.7 Å². The first-order chi connectivity index (χ1) is 11.2. The molecule has 0 radical (unpaired) electrons. The van der Waals surface area contributed by atoms with E-state index in [2.05, 4.69) is 20.7 Å². The lowest BCUT2D eigenvalue weighted by Gasteiger charge is -2.32. The summed E-state index contributed by atoms with van der Waals surface area (Å²) in [5, 5.41) is 10.6. The molecular weight excluding hydrogens is 294 g/mol. The molecular formula is C16H27N5O2. The number of ether oxygens (including phenoxy) is 1. The van der Waals surface area contributed by atoms with Crippen LogP contribution in [-0.4, -0.2) is 40.1 Å². The van der Waals surface area contributed by atoms with Crippen molar-refractivity contribution in [3.05, 3.63) is 11.6 Å². The summed E-state index contributed by atoms with van der Waals surface area (Å²) in [6, 6.07) is -0.0824. The van der Waals surface area contributed by atoms with Crippen LogP contribution in [0.25, 0.3) is 0 Å². The molecule has 2 heterocycles. The third kappa shape index (κ3) is 3.65. The van der Waals surface area contributed by atoms with Crippen LogP contribution in [0.2, 0.25) is 0 Å². The first kappa shape index (κ1) is 16.2. The monoisotopic (exact) mass is 321 g/mol. The highest BCUT2D eigenvalue weighted by atomic mass is 16.5. The van der Waals surface area contributed by atoms with Gasteiger partial charge >= 0.3 is 6.03 Å². The van der Waals surface area contributed by atoms with Crippen molar-refractivity contribution in [2.45, 2.75) is 76.6 Å². The van der Waals surface area contributed by atoms with Crippen LogP contribution >= 0.6 is 0 Å². The number of nitrogens with zero attached hydrogens (tertiary/aromatic N) is 3. The molecule has 2 N–H and O–H groups in total. The Morgan fingerprint density at radius 1 is 1.26 bits per heavy atom. The van der Waals surface area contributed by atoms with E-state index in [4.69, 9.17) is 4.74 Å². The van der Waals surface area contributed by atoms with E-state index in [0.29, 0.717) is 0 Å². The Labute approximate surface area is 137 Å². The Kier molecular flexibility index (Phi) is 5.15.